The zero-order valence-corrected chi connectivity index (χ0v) is 65.8. The molecule has 0 aliphatic heterocycles. The van der Waals surface area contributed by atoms with Gasteiger partial charge in [0.05, 0.1) is 102 Å². The minimum atomic E-state index is -0.538. The molecule has 0 saturated carbocycles. The number of benzene rings is 9. The normalized spacial score (nSPS) is 10.5. The van der Waals surface area contributed by atoms with Gasteiger partial charge in [-0.25, -0.2) is 23.7 Å². The molecular weight excluding hydrogens is 1690 g/mol. The number of aromatic nitrogens is 15. The van der Waals surface area contributed by atoms with E-state index < -0.39 is 6.67 Å². The summed E-state index contributed by atoms with van der Waals surface area (Å²) in [5.41, 5.74) is 9.05. The Morgan fingerprint density at radius 3 is 1.18 bits per heavy atom. The second-order valence-corrected chi connectivity index (χ2v) is 26.4. The van der Waals surface area contributed by atoms with E-state index in [0.29, 0.717) is 137 Å². The number of hydrogen-bond acceptors (Lipinski definition) is 18. The van der Waals surface area contributed by atoms with Gasteiger partial charge >= 0.3 is 0 Å². The molecule has 0 unspecified atom stereocenters. The maximum atomic E-state index is 12.3. The monoisotopic (exact) mass is 1740 g/mol. The fourth-order valence-electron chi connectivity index (χ4n) is 9.22. The molecule has 0 atom stereocenters. The van der Waals surface area contributed by atoms with Crippen LogP contribution in [0.5, 0.6) is 17.2 Å². The summed E-state index contributed by atoms with van der Waals surface area (Å²) in [6.45, 7) is 0.860. The average Bonchev–Trinajstić information content (AvgIpc) is 1.75. The van der Waals surface area contributed by atoms with E-state index in [0.717, 1.165) is 28.1 Å². The van der Waals surface area contributed by atoms with E-state index in [-0.39, 0.29) is 12.4 Å². The lowest BCUT2D eigenvalue weighted by molar-refractivity contribution is 0.271. The highest BCUT2D eigenvalue weighted by Crippen LogP contribution is 2.35. The standard InChI is InChI=1S/C17H15Cl2FN4O.C16H14Cl2N4O.C15H12Cl2N4O.C8H4BrCl2N3.C8H5Cl2N3.C6H6Cl2N2/c18-13-5-3-6-14(16(13)19)24-17(22-11-23-24)21-10-12-4-1-2-7-15(12)25-9-8-20;1-23-14-8-3-2-5-11(14)9-19-16-20-10-21-22(16)13-7-4-6-12(17)15(13)18;16-11-5-3-6-12(14(11)17)21-15(19-9-20-21)18-8-10-4-1-2-7-13(10)22;9-8-12-4-13-14(8)6-3-1-2-5(10)7(6)11;9-6-2-1-3-7(8(6)10)13-5-11-4-12-13;7-4-2-1-3-5(10-9)6(4)8/h1-7,11H,8-10H2,(H,21,22,23);2-8,10H,9H2,1H3,(H,19,20,21);1-7,9,22H,8H2,(H,18,19,20);1-4H;1-5H;1-3,10H,9H2. The van der Waals surface area contributed by atoms with Gasteiger partial charge < -0.3 is 36.0 Å². The number of alkyl halides is 1. The predicted octanol–water partition coefficient (Wildman–Crippen LogP) is 20.8. The second-order valence-electron chi connectivity index (χ2n) is 21.0. The van der Waals surface area contributed by atoms with Gasteiger partial charge in [0.1, 0.15) is 68.5 Å². The van der Waals surface area contributed by atoms with E-state index in [1.165, 1.54) is 31.6 Å². The third kappa shape index (κ3) is 22.4. The molecule has 5 heterocycles. The summed E-state index contributed by atoms with van der Waals surface area (Å²) in [5.74, 6) is 8.37. The molecule has 0 saturated heterocycles. The zero-order valence-electron chi connectivity index (χ0n) is 55.2. The molecule has 14 aromatic rings. The van der Waals surface area contributed by atoms with Gasteiger partial charge in [0.25, 0.3) is 0 Å². The molecule has 9 aromatic carbocycles. The zero-order chi connectivity index (χ0) is 76.4. The Morgan fingerprint density at radius 2 is 0.776 bits per heavy atom. The summed E-state index contributed by atoms with van der Waals surface area (Å²) in [5, 5.41) is 45.3. The number of aromatic hydroxyl groups is 1. The molecule has 0 aliphatic carbocycles. The van der Waals surface area contributed by atoms with E-state index in [4.69, 9.17) is 155 Å². The smallest absolute Gasteiger partial charge is 0.226 e. The van der Waals surface area contributed by atoms with Gasteiger partial charge in [-0.05, 0) is 107 Å². The predicted molar refractivity (Wildman–Crippen MR) is 430 cm³/mol. The Bertz CT molecular complexity index is 5200. The van der Waals surface area contributed by atoms with Crippen LogP contribution >= 0.6 is 155 Å². The Labute approximate surface area is 680 Å². The number of hydrogen-bond donors (Lipinski definition) is 6. The quantitative estimate of drug-likeness (QED) is 0.0324. The summed E-state index contributed by atoms with van der Waals surface area (Å²) in [6, 6.07) is 54.2. The molecule has 107 heavy (non-hydrogen) atoms. The van der Waals surface area contributed by atoms with Crippen LogP contribution in [0.1, 0.15) is 16.7 Å². The van der Waals surface area contributed by atoms with Crippen LogP contribution < -0.4 is 36.7 Å². The van der Waals surface area contributed by atoms with E-state index >= 15 is 0 Å². The van der Waals surface area contributed by atoms with Gasteiger partial charge in [-0.15, -0.1) is 0 Å². The number of nitrogen functional groups attached to an aromatic ring is 1. The van der Waals surface area contributed by atoms with Gasteiger partial charge in [0, 0.05) is 36.3 Å². The molecular formula is C70H56BrCl12FN20O3. The summed E-state index contributed by atoms with van der Waals surface area (Å²) >= 11 is 75.2. The maximum absolute atomic E-state index is 12.3. The minimum Gasteiger partial charge on any atom is -0.508 e. The topological polar surface area (TPSA) is 266 Å². The van der Waals surface area contributed by atoms with E-state index in [1.807, 2.05) is 84.9 Å². The number of rotatable bonds is 19. The number of nitrogens with zero attached hydrogens (tertiary/aromatic N) is 15. The van der Waals surface area contributed by atoms with Crippen molar-refractivity contribution < 1.29 is 19.0 Å². The maximum Gasteiger partial charge on any atom is 0.226 e. The average molecular weight is 1750 g/mol. The lowest BCUT2D eigenvalue weighted by Crippen LogP contribution is -2.09. The summed E-state index contributed by atoms with van der Waals surface area (Å²) < 4.78 is 31.6. The summed E-state index contributed by atoms with van der Waals surface area (Å²) in [7, 11) is 1.65. The van der Waals surface area contributed by atoms with Crippen LogP contribution in [-0.4, -0.2) is 99.3 Å². The van der Waals surface area contributed by atoms with E-state index in [2.05, 4.69) is 87.7 Å². The first-order chi connectivity index (χ1) is 51.8. The molecule has 0 bridgehead atoms. The lowest BCUT2D eigenvalue weighted by atomic mass is 10.2. The molecule has 0 radical (unpaired) electrons. The van der Waals surface area contributed by atoms with Crippen molar-refractivity contribution in [2.75, 3.05) is 41.8 Å². The van der Waals surface area contributed by atoms with Crippen LogP contribution in [0, 0.1) is 0 Å². The molecule has 5 aromatic heterocycles. The van der Waals surface area contributed by atoms with Crippen molar-refractivity contribution >= 4 is 179 Å². The third-order valence-electron chi connectivity index (χ3n) is 14.3. The number of phenolic OH excluding ortho intramolecular Hbond substituents is 1. The van der Waals surface area contributed by atoms with Crippen molar-refractivity contribution in [3.8, 4) is 45.7 Å². The highest BCUT2D eigenvalue weighted by atomic mass is 79.9. The third-order valence-corrected chi connectivity index (χ3v) is 19.7. The number of methoxy groups -OCH3 is 1. The molecule has 23 nitrogen and oxygen atoms in total. The first-order valence-corrected chi connectivity index (χ1v) is 36.2. The number of anilines is 4. The number of para-hydroxylation sites is 3. The van der Waals surface area contributed by atoms with Crippen LogP contribution in [0.4, 0.5) is 27.9 Å². The fourth-order valence-corrected chi connectivity index (χ4v) is 11.8. The van der Waals surface area contributed by atoms with E-state index in [9.17, 15) is 9.50 Å². The van der Waals surface area contributed by atoms with Crippen molar-refractivity contribution in [1.82, 2.24) is 73.8 Å². The van der Waals surface area contributed by atoms with Crippen molar-refractivity contribution in [1.29, 1.82) is 0 Å². The number of nitrogens with one attached hydrogen (secondary N) is 4. The van der Waals surface area contributed by atoms with Crippen LogP contribution in [0.3, 0.4) is 0 Å². The van der Waals surface area contributed by atoms with Crippen LogP contribution in [-0.2, 0) is 19.6 Å². The SMILES string of the molecule is COc1ccccc1CNc1ncnn1-c1cccc(Cl)c1Cl.Clc1cccc(-n2cncn2)c1Cl.Clc1cccc(-n2ncnc2Br)c1Cl.FCCOc1ccccc1CNc1ncnn1-c1cccc(Cl)c1Cl.NNc1cccc(Cl)c1Cl.Oc1ccccc1CNc1ncnn1-c1cccc(Cl)c1Cl. The first kappa shape index (κ1) is 82.2. The van der Waals surface area contributed by atoms with Gasteiger partial charge in [0.2, 0.25) is 17.8 Å². The number of phenols is 1. The first-order valence-electron chi connectivity index (χ1n) is 30.9. The Hall–Kier alpha value is -8.87. The van der Waals surface area contributed by atoms with Crippen molar-refractivity contribution in [2.24, 2.45) is 5.84 Å². The van der Waals surface area contributed by atoms with Gasteiger partial charge in [0.15, 0.2) is 4.73 Å². The van der Waals surface area contributed by atoms with Gasteiger partial charge in [-0.1, -0.05) is 230 Å². The van der Waals surface area contributed by atoms with Crippen LogP contribution in [0.15, 0.2) is 225 Å². The summed E-state index contributed by atoms with van der Waals surface area (Å²) in [6.07, 6.45) is 8.74. The number of nitrogens with two attached hydrogens (primary N) is 1. The van der Waals surface area contributed by atoms with Crippen molar-refractivity contribution in [3.05, 3.63) is 302 Å². The Kier molecular flexibility index (Phi) is 31.9. The molecule has 37 heteroatoms. The van der Waals surface area contributed by atoms with Crippen molar-refractivity contribution in [3.63, 3.8) is 0 Å². The molecule has 7 N–H and O–H groups in total. The van der Waals surface area contributed by atoms with Gasteiger partial charge in [-0.3, -0.25) is 5.84 Å². The molecule has 552 valence electrons. The van der Waals surface area contributed by atoms with E-state index in [1.54, 1.807) is 134 Å². The largest absolute Gasteiger partial charge is 0.508 e. The van der Waals surface area contributed by atoms with Crippen molar-refractivity contribution in [2.45, 2.75) is 19.6 Å². The Morgan fingerprint density at radius 1 is 0.411 bits per heavy atom. The summed E-state index contributed by atoms with van der Waals surface area (Å²) in [4.78, 5) is 20.4. The van der Waals surface area contributed by atoms with Crippen LogP contribution in [0.25, 0.3) is 28.4 Å². The molecule has 14 rings (SSSR count). The highest BCUT2D eigenvalue weighted by molar-refractivity contribution is 9.10. The highest BCUT2D eigenvalue weighted by Gasteiger charge is 2.18. The van der Waals surface area contributed by atoms with Gasteiger partial charge in [-0.2, -0.15) is 54.5 Å². The lowest BCUT2D eigenvalue weighted by Gasteiger charge is -2.13. The molecule has 0 amide bonds. The second kappa shape index (κ2) is 41.5. The fraction of sp³-hybridized carbons (Fsp3) is 0.0857. The Balaban J connectivity index is 0.000000152. The number of ether oxygens (including phenoxy) is 2. The minimum absolute atomic E-state index is 0.0192. The molecule has 0 fully saturated rings. The molecule has 0 spiro atoms. The van der Waals surface area contributed by atoms with Crippen LogP contribution in [0.2, 0.25) is 60.3 Å². The number of hydrazine groups is 1. The molecule has 0 aliphatic rings. The number of halogens is 14.